The number of nitro groups is 1. The number of aryl methyl sites for hydroxylation is 1. The molecule has 0 aromatic carbocycles. The summed E-state index contributed by atoms with van der Waals surface area (Å²) in [7, 11) is 1.91. The van der Waals surface area contributed by atoms with Crippen LogP contribution in [-0.2, 0) is 20.0 Å². The number of thiophene rings is 1. The van der Waals surface area contributed by atoms with Crippen molar-refractivity contribution >= 4 is 16.3 Å². The Balaban J connectivity index is 1.75. The van der Waals surface area contributed by atoms with E-state index in [0.717, 1.165) is 17.8 Å². The highest BCUT2D eigenvalue weighted by Crippen LogP contribution is 2.23. The van der Waals surface area contributed by atoms with Gasteiger partial charge < -0.3 is 5.32 Å². The van der Waals surface area contributed by atoms with Gasteiger partial charge in [0.2, 0.25) is 0 Å². The number of hydrogen-bond donors (Lipinski definition) is 1. The van der Waals surface area contributed by atoms with Crippen LogP contribution in [0.1, 0.15) is 10.6 Å². The molecule has 0 aliphatic heterocycles. The van der Waals surface area contributed by atoms with Crippen LogP contribution in [-0.4, -0.2) is 21.2 Å². The Kier molecular flexibility index (Phi) is 4.06. The van der Waals surface area contributed by atoms with Gasteiger partial charge >= 0.3 is 5.00 Å². The lowest BCUT2D eigenvalue weighted by atomic mass is 10.3. The van der Waals surface area contributed by atoms with E-state index in [2.05, 4.69) is 10.4 Å². The summed E-state index contributed by atoms with van der Waals surface area (Å²) < 4.78 is 1.84. The molecule has 0 spiro atoms. The Hall–Kier alpha value is -1.73. The molecule has 96 valence electrons. The lowest BCUT2D eigenvalue weighted by Gasteiger charge is -2.03. The van der Waals surface area contributed by atoms with E-state index in [4.69, 9.17) is 0 Å². The molecular weight excluding hydrogens is 252 g/mol. The van der Waals surface area contributed by atoms with Crippen LogP contribution in [0.4, 0.5) is 5.00 Å². The molecule has 0 amide bonds. The average Bonchev–Trinajstić information content (AvgIpc) is 2.94. The third-order valence-corrected chi connectivity index (χ3v) is 3.64. The third kappa shape index (κ3) is 3.14. The molecule has 0 aliphatic carbocycles. The Morgan fingerprint density at radius 1 is 1.50 bits per heavy atom. The van der Waals surface area contributed by atoms with E-state index in [1.165, 1.54) is 17.0 Å². The first-order chi connectivity index (χ1) is 8.66. The van der Waals surface area contributed by atoms with Gasteiger partial charge in [0.15, 0.2) is 0 Å². The molecule has 7 heteroatoms. The zero-order chi connectivity index (χ0) is 13.0. The quantitative estimate of drug-likeness (QED) is 0.491. The molecule has 6 nitrogen and oxygen atoms in total. The van der Waals surface area contributed by atoms with E-state index in [-0.39, 0.29) is 9.92 Å². The van der Waals surface area contributed by atoms with Crippen molar-refractivity contribution in [3.05, 3.63) is 45.1 Å². The minimum atomic E-state index is -0.357. The number of nitrogens with one attached hydrogen (secondary N) is 1. The van der Waals surface area contributed by atoms with Gasteiger partial charge in [0.25, 0.3) is 0 Å². The van der Waals surface area contributed by atoms with Crippen LogP contribution in [0.5, 0.6) is 0 Å². The molecule has 18 heavy (non-hydrogen) atoms. The number of aromatic nitrogens is 2. The second-order valence-electron chi connectivity index (χ2n) is 3.87. The van der Waals surface area contributed by atoms with E-state index in [9.17, 15) is 10.1 Å². The highest BCUT2D eigenvalue weighted by molar-refractivity contribution is 7.15. The average molecular weight is 266 g/mol. The first-order valence-electron chi connectivity index (χ1n) is 5.57. The fourth-order valence-electron chi connectivity index (χ4n) is 1.63. The van der Waals surface area contributed by atoms with Gasteiger partial charge in [-0.1, -0.05) is 11.3 Å². The van der Waals surface area contributed by atoms with Gasteiger partial charge in [0.05, 0.1) is 4.92 Å². The zero-order valence-electron chi connectivity index (χ0n) is 10.00. The third-order valence-electron chi connectivity index (χ3n) is 2.61. The summed E-state index contributed by atoms with van der Waals surface area (Å²) in [5.74, 6) is 0. The molecule has 1 N–H and O–H groups in total. The standard InChI is InChI=1S/C11H14N4O2S/c1-14-9(5-7-13-14)4-6-12-8-10-2-3-11(18-10)15(16)17/h2-3,5,7,12H,4,6,8H2,1H3. The van der Waals surface area contributed by atoms with Crippen molar-refractivity contribution < 1.29 is 4.92 Å². The van der Waals surface area contributed by atoms with Crippen molar-refractivity contribution in [3.63, 3.8) is 0 Å². The van der Waals surface area contributed by atoms with E-state index in [1.807, 2.05) is 17.8 Å². The number of rotatable bonds is 6. The smallest absolute Gasteiger partial charge is 0.311 e. The lowest BCUT2D eigenvalue weighted by molar-refractivity contribution is -0.380. The molecule has 0 bridgehead atoms. The van der Waals surface area contributed by atoms with Crippen LogP contribution < -0.4 is 5.32 Å². The van der Waals surface area contributed by atoms with E-state index in [0.29, 0.717) is 6.54 Å². The Labute approximate surface area is 108 Å². The summed E-state index contributed by atoms with van der Waals surface area (Å²) in [5, 5.41) is 18.1. The maximum Gasteiger partial charge on any atom is 0.324 e. The van der Waals surface area contributed by atoms with Crippen LogP contribution in [0.3, 0.4) is 0 Å². The van der Waals surface area contributed by atoms with Crippen LogP contribution in [0.2, 0.25) is 0 Å². The van der Waals surface area contributed by atoms with Gasteiger partial charge in [-0.05, 0) is 12.1 Å². The molecular formula is C11H14N4O2S. The fraction of sp³-hybridized carbons (Fsp3) is 0.364. The minimum Gasteiger partial charge on any atom is -0.311 e. The van der Waals surface area contributed by atoms with Crippen molar-refractivity contribution in [2.45, 2.75) is 13.0 Å². The SMILES string of the molecule is Cn1nccc1CCNCc1ccc([N+](=O)[O-])s1. The van der Waals surface area contributed by atoms with Crippen molar-refractivity contribution in [1.29, 1.82) is 0 Å². The van der Waals surface area contributed by atoms with Crippen LogP contribution >= 0.6 is 11.3 Å². The van der Waals surface area contributed by atoms with Crippen LogP contribution in [0.25, 0.3) is 0 Å². The van der Waals surface area contributed by atoms with Gasteiger partial charge in [0, 0.05) is 49.4 Å². The molecule has 0 aliphatic rings. The number of hydrogen-bond acceptors (Lipinski definition) is 5. The maximum absolute atomic E-state index is 10.5. The summed E-state index contributed by atoms with van der Waals surface area (Å²) in [6.07, 6.45) is 2.67. The minimum absolute atomic E-state index is 0.193. The molecule has 2 aromatic rings. The van der Waals surface area contributed by atoms with Gasteiger partial charge in [-0.15, -0.1) is 0 Å². The molecule has 0 atom stereocenters. The van der Waals surface area contributed by atoms with E-state index in [1.54, 1.807) is 18.3 Å². The molecule has 0 fully saturated rings. The highest BCUT2D eigenvalue weighted by Gasteiger charge is 2.08. The lowest BCUT2D eigenvalue weighted by Crippen LogP contribution is -2.17. The van der Waals surface area contributed by atoms with E-state index < -0.39 is 0 Å². The van der Waals surface area contributed by atoms with E-state index >= 15 is 0 Å². The Bertz CT molecular complexity index is 535. The van der Waals surface area contributed by atoms with Crippen molar-refractivity contribution in [1.82, 2.24) is 15.1 Å². The predicted molar refractivity (Wildman–Crippen MR) is 69.6 cm³/mol. The summed E-state index contributed by atoms with van der Waals surface area (Å²) >= 11 is 1.21. The van der Waals surface area contributed by atoms with Gasteiger partial charge in [0.1, 0.15) is 0 Å². The summed E-state index contributed by atoms with van der Waals surface area (Å²) in [6.45, 7) is 1.49. The normalized spacial score (nSPS) is 10.7. The topological polar surface area (TPSA) is 73.0 Å². The predicted octanol–water partition coefficient (Wildman–Crippen LogP) is 1.72. The Morgan fingerprint density at radius 3 is 2.94 bits per heavy atom. The van der Waals surface area contributed by atoms with Gasteiger partial charge in [-0.2, -0.15) is 5.10 Å². The van der Waals surface area contributed by atoms with Gasteiger partial charge in [-0.25, -0.2) is 0 Å². The van der Waals surface area contributed by atoms with Crippen molar-refractivity contribution in [2.75, 3.05) is 6.54 Å². The largest absolute Gasteiger partial charge is 0.324 e. The molecule has 0 saturated carbocycles. The summed E-state index contributed by atoms with van der Waals surface area (Å²) in [4.78, 5) is 11.1. The van der Waals surface area contributed by atoms with Gasteiger partial charge in [-0.3, -0.25) is 14.8 Å². The molecule has 0 unspecified atom stereocenters. The molecule has 2 rings (SSSR count). The molecule has 0 saturated heterocycles. The van der Waals surface area contributed by atoms with Crippen molar-refractivity contribution in [2.24, 2.45) is 7.05 Å². The fourth-order valence-corrected chi connectivity index (χ4v) is 2.42. The van der Waals surface area contributed by atoms with Crippen LogP contribution in [0.15, 0.2) is 24.4 Å². The second kappa shape index (κ2) is 5.74. The summed E-state index contributed by atoms with van der Waals surface area (Å²) in [6, 6.07) is 5.32. The zero-order valence-corrected chi connectivity index (χ0v) is 10.8. The second-order valence-corrected chi connectivity index (χ2v) is 5.02. The highest BCUT2D eigenvalue weighted by atomic mass is 32.1. The molecule has 2 heterocycles. The number of nitrogens with zero attached hydrogens (tertiary/aromatic N) is 3. The molecule has 2 aromatic heterocycles. The first kappa shape index (κ1) is 12.7. The summed E-state index contributed by atoms with van der Waals surface area (Å²) in [5.41, 5.74) is 1.17. The monoisotopic (exact) mass is 266 g/mol. The Morgan fingerprint density at radius 2 is 2.33 bits per heavy atom. The van der Waals surface area contributed by atoms with Crippen molar-refractivity contribution in [3.8, 4) is 0 Å². The maximum atomic E-state index is 10.5. The molecule has 0 radical (unpaired) electrons. The van der Waals surface area contributed by atoms with Crippen LogP contribution in [0, 0.1) is 10.1 Å². The first-order valence-corrected chi connectivity index (χ1v) is 6.39.